The van der Waals surface area contributed by atoms with Crippen molar-refractivity contribution in [2.45, 2.75) is 57.5 Å². The molecule has 0 aliphatic carbocycles. The van der Waals surface area contributed by atoms with Gasteiger partial charge >= 0.3 is 0 Å². The Balaban J connectivity index is 1.34. The number of nitrogens with zero attached hydrogens (tertiary/aromatic N) is 3. The Bertz CT molecular complexity index is 819. The van der Waals surface area contributed by atoms with E-state index in [4.69, 9.17) is 4.74 Å². The van der Waals surface area contributed by atoms with Crippen LogP contribution in [0.4, 0.5) is 5.69 Å². The zero-order valence-corrected chi connectivity index (χ0v) is 18.5. The lowest BCUT2D eigenvalue weighted by Crippen LogP contribution is -2.54. The molecule has 0 saturated carbocycles. The number of carbonyl (C=O) groups excluding carboxylic acids is 1. The molecular formula is C25H34N4O2. The van der Waals surface area contributed by atoms with Crippen molar-refractivity contribution in [1.82, 2.24) is 14.8 Å². The fourth-order valence-corrected chi connectivity index (χ4v) is 4.81. The third kappa shape index (κ3) is 5.83. The summed E-state index contributed by atoms with van der Waals surface area (Å²) < 4.78 is 5.74. The van der Waals surface area contributed by atoms with Gasteiger partial charge in [0.1, 0.15) is 5.75 Å². The number of para-hydroxylation sites is 1. The molecule has 1 amide bonds. The summed E-state index contributed by atoms with van der Waals surface area (Å²) in [5.41, 5.74) is 0.716. The van der Waals surface area contributed by atoms with Crippen LogP contribution in [0.3, 0.4) is 0 Å². The molecule has 166 valence electrons. The Kier molecular flexibility index (Phi) is 7.54. The summed E-state index contributed by atoms with van der Waals surface area (Å²) in [6.45, 7) is 6.75. The van der Waals surface area contributed by atoms with Gasteiger partial charge in [-0.2, -0.15) is 0 Å². The van der Waals surface area contributed by atoms with Crippen LogP contribution in [0.2, 0.25) is 0 Å². The minimum Gasteiger partial charge on any atom is -0.439 e. The highest BCUT2D eigenvalue weighted by molar-refractivity contribution is 5.94. The van der Waals surface area contributed by atoms with Crippen molar-refractivity contribution in [2.24, 2.45) is 0 Å². The predicted octanol–water partition coefficient (Wildman–Crippen LogP) is 4.54. The van der Waals surface area contributed by atoms with Crippen molar-refractivity contribution in [3.05, 3.63) is 48.7 Å². The third-order valence-electron chi connectivity index (χ3n) is 6.38. The SMILES string of the molecule is CCCN1CCC(N2CCCCC2C(=O)Nc2ccc(Oc3ccccc3)nc2)CC1. The smallest absolute Gasteiger partial charge is 0.241 e. The van der Waals surface area contributed by atoms with Gasteiger partial charge in [-0.1, -0.05) is 31.5 Å². The molecule has 1 atom stereocenters. The van der Waals surface area contributed by atoms with Gasteiger partial charge in [-0.25, -0.2) is 4.98 Å². The molecule has 0 spiro atoms. The molecule has 2 aliphatic heterocycles. The monoisotopic (exact) mass is 422 g/mol. The first-order valence-electron chi connectivity index (χ1n) is 11.7. The molecule has 1 aromatic carbocycles. The van der Waals surface area contributed by atoms with Crippen LogP contribution in [0.15, 0.2) is 48.7 Å². The molecule has 1 N–H and O–H groups in total. The summed E-state index contributed by atoms with van der Waals surface area (Å²) >= 11 is 0. The average molecular weight is 423 g/mol. The third-order valence-corrected chi connectivity index (χ3v) is 6.38. The van der Waals surface area contributed by atoms with E-state index in [1.54, 1.807) is 12.3 Å². The van der Waals surface area contributed by atoms with Crippen LogP contribution in [0.1, 0.15) is 45.4 Å². The number of rotatable bonds is 7. The van der Waals surface area contributed by atoms with Crippen molar-refractivity contribution >= 4 is 11.6 Å². The van der Waals surface area contributed by atoms with Gasteiger partial charge in [0.2, 0.25) is 11.8 Å². The van der Waals surface area contributed by atoms with Gasteiger partial charge in [0, 0.05) is 12.1 Å². The van der Waals surface area contributed by atoms with Crippen molar-refractivity contribution < 1.29 is 9.53 Å². The predicted molar refractivity (Wildman–Crippen MR) is 123 cm³/mol. The topological polar surface area (TPSA) is 57.7 Å². The average Bonchev–Trinajstić information content (AvgIpc) is 2.82. The van der Waals surface area contributed by atoms with Crippen LogP contribution in [-0.4, -0.2) is 59.0 Å². The highest BCUT2D eigenvalue weighted by Crippen LogP contribution is 2.27. The van der Waals surface area contributed by atoms with Crippen molar-refractivity contribution in [1.29, 1.82) is 0 Å². The number of ether oxygens (including phenoxy) is 1. The number of anilines is 1. The van der Waals surface area contributed by atoms with E-state index in [-0.39, 0.29) is 11.9 Å². The van der Waals surface area contributed by atoms with Gasteiger partial charge in [0.25, 0.3) is 0 Å². The maximum atomic E-state index is 13.1. The first-order chi connectivity index (χ1) is 15.2. The molecule has 2 aliphatic rings. The Morgan fingerprint density at radius 1 is 1.06 bits per heavy atom. The maximum Gasteiger partial charge on any atom is 0.241 e. The Labute approximate surface area is 185 Å². The molecule has 2 aromatic rings. The second-order valence-corrected chi connectivity index (χ2v) is 8.61. The number of piperidine rings is 2. The van der Waals surface area contributed by atoms with E-state index in [1.165, 1.54) is 19.4 Å². The highest BCUT2D eigenvalue weighted by Gasteiger charge is 2.35. The second kappa shape index (κ2) is 10.7. The molecule has 0 bridgehead atoms. The molecule has 0 radical (unpaired) electrons. The summed E-state index contributed by atoms with van der Waals surface area (Å²) in [6.07, 6.45) is 8.45. The minimum absolute atomic E-state index is 0.0447. The summed E-state index contributed by atoms with van der Waals surface area (Å²) in [6, 6.07) is 13.7. The number of carbonyl (C=O) groups is 1. The van der Waals surface area contributed by atoms with E-state index in [0.29, 0.717) is 17.6 Å². The number of aromatic nitrogens is 1. The molecule has 1 unspecified atom stereocenters. The number of pyridine rings is 1. The van der Waals surface area contributed by atoms with Crippen molar-refractivity contribution in [3.63, 3.8) is 0 Å². The molecule has 6 heteroatoms. The van der Waals surface area contributed by atoms with E-state index < -0.39 is 0 Å². The van der Waals surface area contributed by atoms with Gasteiger partial charge in [0.15, 0.2) is 0 Å². The highest BCUT2D eigenvalue weighted by atomic mass is 16.5. The van der Waals surface area contributed by atoms with Gasteiger partial charge < -0.3 is 15.0 Å². The quantitative estimate of drug-likeness (QED) is 0.710. The zero-order chi connectivity index (χ0) is 21.5. The number of hydrogen-bond donors (Lipinski definition) is 1. The second-order valence-electron chi connectivity index (χ2n) is 8.61. The Morgan fingerprint density at radius 2 is 1.87 bits per heavy atom. The number of likely N-dealkylation sites (tertiary alicyclic amines) is 2. The largest absolute Gasteiger partial charge is 0.439 e. The number of nitrogens with one attached hydrogen (secondary N) is 1. The van der Waals surface area contributed by atoms with Crippen LogP contribution in [0, 0.1) is 0 Å². The molecule has 31 heavy (non-hydrogen) atoms. The molecule has 1 aromatic heterocycles. The summed E-state index contributed by atoms with van der Waals surface area (Å²) in [4.78, 5) is 22.5. The molecule has 2 saturated heterocycles. The minimum atomic E-state index is -0.0447. The molecule has 6 nitrogen and oxygen atoms in total. The number of amides is 1. The molecule has 3 heterocycles. The van der Waals surface area contributed by atoms with E-state index in [0.717, 1.165) is 51.1 Å². The molecule has 4 rings (SSSR count). The van der Waals surface area contributed by atoms with Crippen LogP contribution in [0.25, 0.3) is 0 Å². The fraction of sp³-hybridized carbons (Fsp3) is 0.520. The lowest BCUT2D eigenvalue weighted by molar-refractivity contribution is -0.124. The fourth-order valence-electron chi connectivity index (χ4n) is 4.81. The van der Waals surface area contributed by atoms with Crippen LogP contribution in [-0.2, 0) is 4.79 Å². The van der Waals surface area contributed by atoms with Crippen molar-refractivity contribution in [3.8, 4) is 11.6 Å². The van der Waals surface area contributed by atoms with Gasteiger partial charge in [-0.05, 0) is 76.5 Å². The van der Waals surface area contributed by atoms with E-state index in [9.17, 15) is 4.79 Å². The zero-order valence-electron chi connectivity index (χ0n) is 18.5. The van der Waals surface area contributed by atoms with E-state index in [1.807, 2.05) is 36.4 Å². The lowest BCUT2D eigenvalue weighted by atomic mass is 9.94. The molecular weight excluding hydrogens is 388 g/mol. The number of benzene rings is 1. The van der Waals surface area contributed by atoms with E-state index >= 15 is 0 Å². The van der Waals surface area contributed by atoms with E-state index in [2.05, 4.69) is 27.0 Å². The summed E-state index contributed by atoms with van der Waals surface area (Å²) in [5, 5.41) is 3.09. The standard InChI is InChI=1S/C25H34N4O2/c1-2-15-28-17-13-21(14-18-28)29-16-7-6-10-23(29)25(30)27-20-11-12-24(26-19-20)31-22-8-4-3-5-9-22/h3-5,8-9,11-12,19,21,23H,2,6-7,10,13-18H2,1H3,(H,27,30). The van der Waals surface area contributed by atoms with Crippen molar-refractivity contribution in [2.75, 3.05) is 31.5 Å². The summed E-state index contributed by atoms with van der Waals surface area (Å²) in [7, 11) is 0. The Hall–Kier alpha value is -2.44. The summed E-state index contributed by atoms with van der Waals surface area (Å²) in [5.74, 6) is 1.35. The van der Waals surface area contributed by atoms with Gasteiger partial charge in [0.05, 0.1) is 17.9 Å². The van der Waals surface area contributed by atoms with Gasteiger partial charge in [-0.3, -0.25) is 9.69 Å². The normalized spacial score (nSPS) is 21.0. The van der Waals surface area contributed by atoms with Crippen LogP contribution >= 0.6 is 0 Å². The number of hydrogen-bond acceptors (Lipinski definition) is 5. The van der Waals surface area contributed by atoms with Crippen LogP contribution in [0.5, 0.6) is 11.6 Å². The molecule has 2 fully saturated rings. The first-order valence-corrected chi connectivity index (χ1v) is 11.7. The van der Waals surface area contributed by atoms with Gasteiger partial charge in [-0.15, -0.1) is 0 Å². The maximum absolute atomic E-state index is 13.1. The Morgan fingerprint density at radius 3 is 2.58 bits per heavy atom. The van der Waals surface area contributed by atoms with Crippen LogP contribution < -0.4 is 10.1 Å². The first kappa shape index (κ1) is 21.8. The lowest BCUT2D eigenvalue weighted by Gasteiger charge is -2.44.